The van der Waals surface area contributed by atoms with Gasteiger partial charge in [0.05, 0.1) is 5.25 Å². The predicted molar refractivity (Wildman–Crippen MR) is 80.5 cm³/mol. The molecule has 0 radical (unpaired) electrons. The average Bonchev–Trinajstić information content (AvgIpc) is 2.72. The average molecular weight is 348 g/mol. The van der Waals surface area contributed by atoms with Crippen molar-refractivity contribution < 1.29 is 16.8 Å². The molecular weight excluding hydrogens is 331 g/mol. The topological polar surface area (TPSA) is 106 Å². The van der Waals surface area contributed by atoms with Gasteiger partial charge < -0.3 is 5.32 Å². The molecule has 0 saturated carbocycles. The van der Waals surface area contributed by atoms with Crippen molar-refractivity contribution in [1.82, 2.24) is 5.32 Å². The molecule has 0 unspecified atom stereocenters. The standard InChI is InChI=1S/C10H16N2O4S3.Na.H/c1-3-12-8-4-6(2)18(13,14)10-7(8)5-9(17-10)19(11,15)16;;/h5-6,8,12H,3-4H2,1-2H3,(H2,11,15,16);;/t6-,8-;;/m0../s1. The maximum atomic E-state index is 12.2. The normalized spacial score (nSPS) is 24.8. The van der Waals surface area contributed by atoms with Crippen molar-refractivity contribution in [2.24, 2.45) is 5.14 Å². The number of sulfone groups is 1. The Kier molecular flexibility index (Phi) is 5.88. The monoisotopic (exact) mass is 348 g/mol. The van der Waals surface area contributed by atoms with Gasteiger partial charge in [0.25, 0.3) is 0 Å². The Hall–Kier alpha value is 0.520. The summed E-state index contributed by atoms with van der Waals surface area (Å²) >= 11 is 0.742. The number of primary sulfonamides is 1. The number of thiophene rings is 1. The number of nitrogens with two attached hydrogens (primary N) is 1. The summed E-state index contributed by atoms with van der Waals surface area (Å²) in [5, 5.41) is 7.73. The Morgan fingerprint density at radius 2 is 2.10 bits per heavy atom. The molecule has 1 aromatic rings. The number of sulfonamides is 1. The number of fused-ring (bicyclic) bond motifs is 1. The summed E-state index contributed by atoms with van der Waals surface area (Å²) < 4.78 is 47.3. The number of hydrogen-bond acceptors (Lipinski definition) is 6. The number of hydrogen-bond donors (Lipinski definition) is 2. The van der Waals surface area contributed by atoms with Gasteiger partial charge in [-0.25, -0.2) is 22.0 Å². The van der Waals surface area contributed by atoms with Crippen LogP contribution in [0.15, 0.2) is 14.5 Å². The molecule has 0 fully saturated rings. The van der Waals surface area contributed by atoms with E-state index in [0.717, 1.165) is 11.3 Å². The maximum absolute atomic E-state index is 12.2. The first-order valence-corrected chi connectivity index (χ1v) is 9.72. The Bertz CT molecular complexity index is 696. The summed E-state index contributed by atoms with van der Waals surface area (Å²) in [7, 11) is -7.33. The molecule has 2 atom stereocenters. The molecule has 0 spiro atoms. The summed E-state index contributed by atoms with van der Waals surface area (Å²) in [6.07, 6.45) is 0.434. The molecule has 110 valence electrons. The SMILES string of the molecule is CCN[C@H]1C[C@H](C)S(=O)(=O)c2sc(S(N)(=O)=O)cc21.[NaH]. The van der Waals surface area contributed by atoms with Gasteiger partial charge in [-0.1, -0.05) is 6.92 Å². The molecule has 6 nitrogen and oxygen atoms in total. The van der Waals surface area contributed by atoms with Crippen LogP contribution in [0.2, 0.25) is 0 Å². The third kappa shape index (κ3) is 3.30. The summed E-state index contributed by atoms with van der Waals surface area (Å²) in [5.41, 5.74) is 0.522. The Morgan fingerprint density at radius 3 is 2.60 bits per heavy atom. The molecule has 0 aliphatic carbocycles. The van der Waals surface area contributed by atoms with E-state index in [1.54, 1.807) is 6.92 Å². The van der Waals surface area contributed by atoms with Crippen molar-refractivity contribution in [1.29, 1.82) is 0 Å². The van der Waals surface area contributed by atoms with E-state index in [4.69, 9.17) is 5.14 Å². The molecule has 0 bridgehead atoms. The third-order valence-corrected chi connectivity index (χ3v) is 8.48. The van der Waals surface area contributed by atoms with E-state index >= 15 is 0 Å². The van der Waals surface area contributed by atoms with Crippen LogP contribution in [0.25, 0.3) is 0 Å². The summed E-state index contributed by atoms with van der Waals surface area (Å²) in [6.45, 7) is 4.23. The molecule has 1 aromatic heterocycles. The zero-order chi connectivity index (χ0) is 14.4. The van der Waals surface area contributed by atoms with E-state index in [1.165, 1.54) is 6.07 Å². The first-order chi connectivity index (χ1) is 8.67. The second-order valence-electron chi connectivity index (χ2n) is 4.55. The van der Waals surface area contributed by atoms with E-state index in [9.17, 15) is 16.8 Å². The molecule has 0 aromatic carbocycles. The Morgan fingerprint density at radius 1 is 1.50 bits per heavy atom. The van der Waals surface area contributed by atoms with Gasteiger partial charge in [0.15, 0.2) is 9.84 Å². The second-order valence-corrected chi connectivity index (χ2v) is 9.96. The fourth-order valence-electron chi connectivity index (χ4n) is 2.18. The van der Waals surface area contributed by atoms with Crippen LogP contribution in [0.5, 0.6) is 0 Å². The van der Waals surface area contributed by atoms with Crippen LogP contribution in [-0.2, 0) is 19.9 Å². The molecule has 20 heavy (non-hydrogen) atoms. The van der Waals surface area contributed by atoms with Crippen LogP contribution >= 0.6 is 11.3 Å². The van der Waals surface area contributed by atoms with Crippen molar-refractivity contribution in [3.05, 3.63) is 11.6 Å². The minimum absolute atomic E-state index is 0. The zero-order valence-corrected chi connectivity index (χ0v) is 13.0. The molecule has 2 rings (SSSR count). The molecule has 1 aliphatic heterocycles. The second kappa shape index (κ2) is 6.33. The molecule has 1 aliphatic rings. The molecule has 3 N–H and O–H groups in total. The van der Waals surface area contributed by atoms with E-state index < -0.39 is 25.1 Å². The molecular formula is C10H17N2NaO4S3. The van der Waals surface area contributed by atoms with Crippen LogP contribution < -0.4 is 10.5 Å². The van der Waals surface area contributed by atoms with Crippen molar-refractivity contribution >= 4 is 60.8 Å². The van der Waals surface area contributed by atoms with Gasteiger partial charge in [0.1, 0.15) is 8.42 Å². The molecule has 10 heteroatoms. The first kappa shape index (κ1) is 18.6. The van der Waals surface area contributed by atoms with Crippen molar-refractivity contribution in [2.75, 3.05) is 6.54 Å². The van der Waals surface area contributed by atoms with Crippen molar-refractivity contribution in [2.45, 2.75) is 40.0 Å². The van der Waals surface area contributed by atoms with Crippen molar-refractivity contribution in [3.8, 4) is 0 Å². The van der Waals surface area contributed by atoms with Gasteiger partial charge in [0, 0.05) is 11.6 Å². The van der Waals surface area contributed by atoms with Crippen LogP contribution in [0.4, 0.5) is 0 Å². The van der Waals surface area contributed by atoms with Gasteiger partial charge in [-0.3, -0.25) is 0 Å². The van der Waals surface area contributed by atoms with E-state index in [0.29, 0.717) is 18.5 Å². The fourth-order valence-corrected chi connectivity index (χ4v) is 6.60. The van der Waals surface area contributed by atoms with Gasteiger partial charge >= 0.3 is 29.6 Å². The summed E-state index contributed by atoms with van der Waals surface area (Å²) in [5.74, 6) is 0. The fraction of sp³-hybridized carbons (Fsp3) is 0.600. The first-order valence-electron chi connectivity index (χ1n) is 5.81. The summed E-state index contributed by atoms with van der Waals surface area (Å²) in [4.78, 5) is 0. The van der Waals surface area contributed by atoms with Crippen LogP contribution in [-0.4, -0.2) is 58.2 Å². The van der Waals surface area contributed by atoms with E-state index in [-0.39, 0.29) is 44.0 Å². The van der Waals surface area contributed by atoms with Crippen LogP contribution in [0, 0.1) is 0 Å². The Balaban J connectivity index is 0.00000200. The zero-order valence-electron chi connectivity index (χ0n) is 10.6. The van der Waals surface area contributed by atoms with Gasteiger partial charge in [-0.05, 0) is 26.0 Å². The van der Waals surface area contributed by atoms with Gasteiger partial charge in [-0.15, -0.1) is 11.3 Å². The van der Waals surface area contributed by atoms with Gasteiger partial charge in [-0.2, -0.15) is 0 Å². The quantitative estimate of drug-likeness (QED) is 0.746. The van der Waals surface area contributed by atoms with Crippen LogP contribution in [0.3, 0.4) is 0 Å². The summed E-state index contributed by atoms with van der Waals surface area (Å²) in [6, 6.07) is 1.23. The minimum atomic E-state index is -3.88. The number of rotatable bonds is 3. The van der Waals surface area contributed by atoms with Crippen molar-refractivity contribution in [3.63, 3.8) is 0 Å². The van der Waals surface area contributed by atoms with E-state index in [1.807, 2.05) is 6.92 Å². The van der Waals surface area contributed by atoms with Crippen LogP contribution in [0.1, 0.15) is 31.9 Å². The van der Waals surface area contributed by atoms with E-state index in [2.05, 4.69) is 5.32 Å². The third-order valence-electron chi connectivity index (χ3n) is 3.16. The molecule has 2 heterocycles. The number of nitrogens with one attached hydrogen (secondary N) is 1. The van der Waals surface area contributed by atoms with Gasteiger partial charge in [0.2, 0.25) is 10.0 Å². The Labute approximate surface area is 145 Å². The predicted octanol–water partition coefficient (Wildman–Crippen LogP) is -0.0365. The molecule has 0 amide bonds. The molecule has 0 saturated heterocycles.